The van der Waals surface area contributed by atoms with E-state index in [1.54, 1.807) is 0 Å². The molecule has 6 aromatic heterocycles. The molecular formula is C96H60N8OS. The highest BCUT2D eigenvalue weighted by Gasteiger charge is 2.26. The minimum atomic E-state index is 0.609. The maximum Gasteiger partial charge on any atom is 0.235 e. The average molecular weight is 1370 g/mol. The molecule has 10 heteroatoms. The molecule has 9 nitrogen and oxygen atoms in total. The fourth-order valence-electron chi connectivity index (χ4n) is 16.1. The van der Waals surface area contributed by atoms with Gasteiger partial charge in [0.2, 0.25) is 11.9 Å². The van der Waals surface area contributed by atoms with Crippen LogP contribution in [0.1, 0.15) is 0 Å². The number of furan rings is 1. The number of rotatable bonds is 10. The molecule has 22 rings (SSSR count). The van der Waals surface area contributed by atoms with Crippen molar-refractivity contribution in [3.63, 3.8) is 0 Å². The van der Waals surface area contributed by atoms with Crippen LogP contribution in [0.4, 0.5) is 34.1 Å². The lowest BCUT2D eigenvalue weighted by Gasteiger charge is -2.25. The molecular weight excluding hydrogens is 1310 g/mol. The van der Waals surface area contributed by atoms with Crippen molar-refractivity contribution in [1.29, 1.82) is 0 Å². The lowest BCUT2D eigenvalue weighted by molar-refractivity contribution is 0.670. The van der Waals surface area contributed by atoms with Crippen LogP contribution in [-0.2, 0) is 0 Å². The van der Waals surface area contributed by atoms with E-state index in [1.165, 1.54) is 52.5 Å². The Labute approximate surface area is 612 Å². The van der Waals surface area contributed by atoms with Gasteiger partial charge in [0, 0.05) is 109 Å². The highest BCUT2D eigenvalue weighted by molar-refractivity contribution is 7.26. The summed E-state index contributed by atoms with van der Waals surface area (Å²) >= 11 is 1.83. The topological polar surface area (TPSA) is 81.0 Å². The van der Waals surface area contributed by atoms with Crippen molar-refractivity contribution in [2.24, 2.45) is 0 Å². The molecule has 0 unspecified atom stereocenters. The van der Waals surface area contributed by atoms with Gasteiger partial charge >= 0.3 is 0 Å². The summed E-state index contributed by atoms with van der Waals surface area (Å²) in [5, 5.41) is 16.1. The minimum absolute atomic E-state index is 0.609. The molecule has 0 atom stereocenters. The van der Waals surface area contributed by atoms with Crippen LogP contribution in [0.2, 0.25) is 0 Å². The first-order valence-corrected chi connectivity index (χ1v) is 36.5. The normalized spacial score (nSPS) is 11.8. The second-order valence-electron chi connectivity index (χ2n) is 26.8. The molecule has 0 amide bonds. The van der Waals surface area contributed by atoms with Crippen LogP contribution in [0, 0.1) is 0 Å². The van der Waals surface area contributed by atoms with Gasteiger partial charge in [0.25, 0.3) is 0 Å². The highest BCUT2D eigenvalue weighted by atomic mass is 32.1. The lowest BCUT2D eigenvalue weighted by Crippen LogP contribution is -2.09. The van der Waals surface area contributed by atoms with Gasteiger partial charge in [-0.3, -0.25) is 9.13 Å². The van der Waals surface area contributed by atoms with Gasteiger partial charge in [-0.25, -0.2) is 19.9 Å². The number of para-hydroxylation sites is 8. The van der Waals surface area contributed by atoms with Gasteiger partial charge in [0.1, 0.15) is 11.2 Å². The first kappa shape index (κ1) is 60.7. The molecule has 22 aromatic rings. The fourth-order valence-corrected chi connectivity index (χ4v) is 17.3. The van der Waals surface area contributed by atoms with Crippen LogP contribution in [-0.4, -0.2) is 29.1 Å². The first-order chi connectivity index (χ1) is 52.6. The molecule has 0 bridgehead atoms. The number of benzene rings is 16. The van der Waals surface area contributed by atoms with Crippen LogP contribution >= 0.6 is 11.3 Å². The highest BCUT2D eigenvalue weighted by Crippen LogP contribution is 2.47. The first-order valence-electron chi connectivity index (χ1n) is 35.7. The zero-order valence-corrected chi connectivity index (χ0v) is 57.9. The standard InChI is InChI=1S/C48H30N4O.C48H30N4S/c2*1-3-15-32(16-4-1)51(33-17-5-2-6-18-33)34-27-29-42-40(30-34)45-35-19-8-7-14-31(35)26-28-43(45)52(42)48-49-41-24-11-9-21-38(41)46(50-48)39-23-13-22-37-36-20-10-12-25-44(36)53-47(37)39/h2*1-30H. The van der Waals surface area contributed by atoms with Crippen LogP contribution < -0.4 is 9.80 Å². The number of anilines is 6. The Morgan fingerprint density at radius 3 is 1.18 bits per heavy atom. The summed E-state index contributed by atoms with van der Waals surface area (Å²) in [6.07, 6.45) is 0. The molecule has 496 valence electrons. The third-order valence-corrected chi connectivity index (χ3v) is 22.0. The summed E-state index contributed by atoms with van der Waals surface area (Å²) in [5.74, 6) is 1.26. The van der Waals surface area contributed by atoms with Crippen LogP contribution in [0.5, 0.6) is 0 Å². The lowest BCUT2D eigenvalue weighted by atomic mass is 10.0. The third-order valence-electron chi connectivity index (χ3n) is 20.8. The van der Waals surface area contributed by atoms with Gasteiger partial charge in [-0.05, 0) is 149 Å². The Hall–Kier alpha value is -14.1. The van der Waals surface area contributed by atoms with Gasteiger partial charge in [-0.1, -0.05) is 237 Å². The number of nitrogens with zero attached hydrogens (tertiary/aromatic N) is 8. The summed E-state index contributed by atoms with van der Waals surface area (Å²) in [4.78, 5) is 26.2. The van der Waals surface area contributed by atoms with E-state index in [4.69, 9.17) is 24.4 Å². The zero-order valence-electron chi connectivity index (χ0n) is 57.0. The Kier molecular flexibility index (Phi) is 14.2. The molecule has 0 N–H and O–H groups in total. The number of fused-ring (bicyclic) bond motifs is 18. The van der Waals surface area contributed by atoms with E-state index in [9.17, 15) is 0 Å². The largest absolute Gasteiger partial charge is 0.455 e. The van der Waals surface area contributed by atoms with Crippen LogP contribution in [0.3, 0.4) is 0 Å². The molecule has 6 heterocycles. The van der Waals surface area contributed by atoms with E-state index >= 15 is 0 Å². The van der Waals surface area contributed by atoms with Crippen molar-refractivity contribution in [3.05, 3.63) is 364 Å². The maximum atomic E-state index is 6.54. The second kappa shape index (κ2) is 24.9. The fraction of sp³-hybridized carbons (Fsp3) is 0. The molecule has 0 radical (unpaired) electrons. The molecule has 0 saturated heterocycles. The molecule has 0 saturated carbocycles. The van der Waals surface area contributed by atoms with Crippen molar-refractivity contribution < 1.29 is 4.42 Å². The predicted octanol–water partition coefficient (Wildman–Crippen LogP) is 26.3. The van der Waals surface area contributed by atoms with Crippen molar-refractivity contribution >= 4 is 175 Å². The Morgan fingerprint density at radius 1 is 0.264 bits per heavy atom. The van der Waals surface area contributed by atoms with Gasteiger partial charge in [0.05, 0.1) is 44.5 Å². The molecule has 106 heavy (non-hydrogen) atoms. The Bertz CT molecular complexity index is 6720. The Morgan fingerprint density at radius 2 is 0.660 bits per heavy atom. The van der Waals surface area contributed by atoms with Crippen molar-refractivity contribution in [1.82, 2.24) is 29.1 Å². The summed E-state index contributed by atoms with van der Waals surface area (Å²) < 4.78 is 13.5. The monoisotopic (exact) mass is 1370 g/mol. The van der Waals surface area contributed by atoms with Gasteiger partial charge in [-0.15, -0.1) is 11.3 Å². The van der Waals surface area contributed by atoms with E-state index in [1.807, 2.05) is 35.6 Å². The van der Waals surface area contributed by atoms with Crippen LogP contribution in [0.15, 0.2) is 368 Å². The number of hydrogen-bond acceptors (Lipinski definition) is 8. The van der Waals surface area contributed by atoms with Crippen molar-refractivity contribution in [2.75, 3.05) is 9.80 Å². The maximum absolute atomic E-state index is 6.54. The summed E-state index contributed by atoms with van der Waals surface area (Å²) in [7, 11) is 0. The number of thiophene rings is 1. The SMILES string of the molecule is c1ccc(N(c2ccccc2)c2ccc3c(c2)c2c4ccccc4ccc2n3-c2nc(-c3cccc4c3oc3ccccc34)c3ccccc3n2)cc1.c1ccc(N(c2ccccc2)c2ccc3c(c2)c2c4ccccc4ccc2n3-c2nc(-c3cccc4c3sc3ccccc34)c3ccccc3n2)cc1. The zero-order chi connectivity index (χ0) is 69.8. The van der Waals surface area contributed by atoms with Crippen molar-refractivity contribution in [3.8, 4) is 34.4 Å². The van der Waals surface area contributed by atoms with Gasteiger partial charge in [-0.2, -0.15) is 0 Å². The Balaban J connectivity index is 0.000000136. The number of aromatic nitrogens is 6. The molecule has 0 fully saturated rings. The van der Waals surface area contributed by atoms with Crippen LogP contribution in [0.25, 0.3) is 163 Å². The van der Waals surface area contributed by atoms with E-state index < -0.39 is 0 Å². The third kappa shape index (κ3) is 9.91. The summed E-state index contributed by atoms with van der Waals surface area (Å²) in [6, 6.07) is 128. The van der Waals surface area contributed by atoms with Gasteiger partial charge in [0.15, 0.2) is 0 Å². The average Bonchev–Trinajstić information content (AvgIpc) is 1.56. The molecule has 0 aliphatic heterocycles. The minimum Gasteiger partial charge on any atom is -0.455 e. The van der Waals surface area contributed by atoms with Gasteiger partial charge < -0.3 is 14.2 Å². The van der Waals surface area contributed by atoms with E-state index in [0.717, 1.165) is 133 Å². The predicted molar refractivity (Wildman–Crippen MR) is 443 cm³/mol. The van der Waals surface area contributed by atoms with E-state index in [2.05, 4.69) is 359 Å². The van der Waals surface area contributed by atoms with Crippen molar-refractivity contribution in [2.45, 2.75) is 0 Å². The second-order valence-corrected chi connectivity index (χ2v) is 27.8. The molecule has 0 spiro atoms. The smallest absolute Gasteiger partial charge is 0.235 e. The summed E-state index contributed by atoms with van der Waals surface area (Å²) in [6.45, 7) is 0. The van der Waals surface area contributed by atoms with E-state index in [0.29, 0.717) is 11.9 Å². The molecule has 16 aromatic carbocycles. The number of hydrogen-bond donors (Lipinski definition) is 0. The molecule has 0 aliphatic carbocycles. The molecule has 0 aliphatic rings. The quantitative estimate of drug-likeness (QED) is 0.135. The van der Waals surface area contributed by atoms with E-state index in [-0.39, 0.29) is 0 Å². The summed E-state index contributed by atoms with van der Waals surface area (Å²) in [5.41, 5.74) is 18.0.